The summed E-state index contributed by atoms with van der Waals surface area (Å²) in [6.07, 6.45) is 0. The van der Waals surface area contributed by atoms with E-state index in [4.69, 9.17) is 11.6 Å². The number of esters is 1. The highest BCUT2D eigenvalue weighted by Gasteiger charge is 2.38. The lowest BCUT2D eigenvalue weighted by Gasteiger charge is -2.21. The van der Waals surface area contributed by atoms with Crippen molar-refractivity contribution in [3.05, 3.63) is 29.3 Å². The summed E-state index contributed by atoms with van der Waals surface area (Å²) in [6.45, 7) is 1.11. The molecule has 3 N–H and O–H groups in total. The van der Waals surface area contributed by atoms with E-state index in [9.17, 15) is 19.5 Å². The summed E-state index contributed by atoms with van der Waals surface area (Å²) in [7, 11) is 1.12. The minimum atomic E-state index is -1.57. The normalized spacial score (nSPS) is 13.3. The average Bonchev–Trinajstić information content (AvgIpc) is 2.89. The number of carbonyl (C=O) groups excluding carboxylic acids is 2. The lowest BCUT2D eigenvalue weighted by atomic mass is 9.96. The topological polar surface area (TPSA) is 108 Å². The predicted octanol–water partition coefficient (Wildman–Crippen LogP) is 2.06. The van der Waals surface area contributed by atoms with Gasteiger partial charge < -0.3 is 20.1 Å². The maximum Gasteiger partial charge on any atom is 0.329 e. The Labute approximate surface area is 136 Å². The first-order valence-electron chi connectivity index (χ1n) is 6.70. The minimum Gasteiger partial charge on any atom is -0.481 e. The first-order valence-corrected chi connectivity index (χ1v) is 7.07. The summed E-state index contributed by atoms with van der Waals surface area (Å²) in [4.78, 5) is 37.8. The maximum absolute atomic E-state index is 11.9. The summed E-state index contributed by atoms with van der Waals surface area (Å²) in [5.41, 5.74) is 0.707. The molecule has 1 aromatic heterocycles. The Morgan fingerprint density at radius 1 is 1.35 bits per heavy atom. The van der Waals surface area contributed by atoms with Gasteiger partial charge in [0, 0.05) is 10.9 Å². The van der Waals surface area contributed by atoms with Crippen molar-refractivity contribution >= 4 is 46.0 Å². The standard InChI is InChI=1S/C15H15ClN2O5/c1-7(19)12(14(20)21)13(15(22)23-2)18-11-6-8-9(16)4-3-5-10(8)17-11/h3-6,12-13,17-18H,1-2H3,(H,20,21)/t12?,13-/m0/s1. The fourth-order valence-electron chi connectivity index (χ4n) is 2.32. The highest BCUT2D eigenvalue weighted by Crippen LogP contribution is 2.27. The number of nitrogens with one attached hydrogen (secondary N) is 2. The van der Waals surface area contributed by atoms with Crippen LogP contribution in [0.3, 0.4) is 0 Å². The molecule has 0 aliphatic rings. The predicted molar refractivity (Wildman–Crippen MR) is 84.5 cm³/mol. The third-order valence-corrected chi connectivity index (χ3v) is 3.74. The minimum absolute atomic E-state index is 0.357. The zero-order chi connectivity index (χ0) is 17.1. The number of carbonyl (C=O) groups is 3. The molecule has 122 valence electrons. The Bertz CT molecular complexity index is 756. The Hall–Kier alpha value is -2.54. The van der Waals surface area contributed by atoms with Crippen LogP contribution in [-0.2, 0) is 19.1 Å². The van der Waals surface area contributed by atoms with Gasteiger partial charge in [-0.1, -0.05) is 17.7 Å². The number of H-pyrrole nitrogens is 1. The van der Waals surface area contributed by atoms with E-state index < -0.39 is 29.7 Å². The number of benzene rings is 1. The highest BCUT2D eigenvalue weighted by molar-refractivity contribution is 6.35. The van der Waals surface area contributed by atoms with Crippen molar-refractivity contribution < 1.29 is 24.2 Å². The molecule has 1 heterocycles. The Morgan fingerprint density at radius 3 is 2.57 bits per heavy atom. The van der Waals surface area contributed by atoms with Crippen LogP contribution >= 0.6 is 11.6 Å². The zero-order valence-corrected chi connectivity index (χ0v) is 13.2. The number of carboxylic acids is 1. The summed E-state index contributed by atoms with van der Waals surface area (Å²) in [6, 6.07) is 5.50. The lowest BCUT2D eigenvalue weighted by molar-refractivity contribution is -0.154. The van der Waals surface area contributed by atoms with Crippen LogP contribution < -0.4 is 5.32 Å². The van der Waals surface area contributed by atoms with Crippen molar-refractivity contribution in [2.75, 3.05) is 12.4 Å². The summed E-state index contributed by atoms with van der Waals surface area (Å²) in [5.74, 6) is -4.12. The van der Waals surface area contributed by atoms with E-state index in [0.717, 1.165) is 14.0 Å². The van der Waals surface area contributed by atoms with Crippen LogP contribution in [0.4, 0.5) is 5.82 Å². The number of fused-ring (bicyclic) bond motifs is 1. The number of methoxy groups -OCH3 is 1. The van der Waals surface area contributed by atoms with E-state index in [-0.39, 0.29) is 0 Å². The molecule has 0 spiro atoms. The van der Waals surface area contributed by atoms with Gasteiger partial charge in [-0.15, -0.1) is 0 Å². The van der Waals surface area contributed by atoms with Crippen LogP contribution in [0.25, 0.3) is 10.9 Å². The fourth-order valence-corrected chi connectivity index (χ4v) is 2.55. The Balaban J connectivity index is 2.40. The molecule has 0 saturated heterocycles. The number of carboxylic acid groups (broad SMARTS) is 1. The molecule has 0 fully saturated rings. The third kappa shape index (κ3) is 3.45. The number of Topliss-reactive ketones (excluding diaryl/α,β-unsaturated/α-hetero) is 1. The highest BCUT2D eigenvalue weighted by atomic mass is 35.5. The molecule has 1 unspecified atom stereocenters. The monoisotopic (exact) mass is 338 g/mol. The van der Waals surface area contributed by atoms with Crippen molar-refractivity contribution in [3.63, 3.8) is 0 Å². The molecule has 2 aromatic rings. The Kier molecular flexibility index (Phi) is 4.90. The van der Waals surface area contributed by atoms with Crippen LogP contribution in [0, 0.1) is 5.92 Å². The number of hydrogen-bond acceptors (Lipinski definition) is 5. The fraction of sp³-hybridized carbons (Fsp3) is 0.267. The van der Waals surface area contributed by atoms with Crippen LogP contribution in [0.1, 0.15) is 6.92 Å². The van der Waals surface area contributed by atoms with Gasteiger partial charge in [-0.3, -0.25) is 9.59 Å². The molecular formula is C15H15ClN2O5. The van der Waals surface area contributed by atoms with Crippen LogP contribution in [0.15, 0.2) is 24.3 Å². The molecule has 1 aromatic carbocycles. The van der Waals surface area contributed by atoms with Gasteiger partial charge in [-0.2, -0.15) is 0 Å². The second kappa shape index (κ2) is 6.70. The number of ether oxygens (including phenoxy) is 1. The van der Waals surface area contributed by atoms with Gasteiger partial charge in [0.2, 0.25) is 0 Å². The lowest BCUT2D eigenvalue weighted by Crippen LogP contribution is -2.45. The van der Waals surface area contributed by atoms with E-state index in [1.165, 1.54) is 0 Å². The number of rotatable bonds is 6. The van der Waals surface area contributed by atoms with Gasteiger partial charge in [0.05, 0.1) is 12.1 Å². The number of ketones is 1. The van der Waals surface area contributed by atoms with Crippen LogP contribution in [0.2, 0.25) is 5.02 Å². The molecule has 0 bridgehead atoms. The molecule has 0 amide bonds. The van der Waals surface area contributed by atoms with Gasteiger partial charge >= 0.3 is 11.9 Å². The molecule has 23 heavy (non-hydrogen) atoms. The number of aromatic amines is 1. The quantitative estimate of drug-likeness (QED) is 0.549. The first-order chi connectivity index (χ1) is 10.8. The van der Waals surface area contributed by atoms with E-state index in [1.54, 1.807) is 24.3 Å². The third-order valence-electron chi connectivity index (χ3n) is 3.41. The van der Waals surface area contributed by atoms with Crippen LogP contribution in [-0.4, -0.2) is 41.0 Å². The average molecular weight is 339 g/mol. The molecule has 0 radical (unpaired) electrons. The smallest absolute Gasteiger partial charge is 0.329 e. The van der Waals surface area contributed by atoms with Crippen LogP contribution in [0.5, 0.6) is 0 Å². The molecule has 0 saturated carbocycles. The summed E-state index contributed by atoms with van der Waals surface area (Å²) in [5, 5.41) is 13.1. The molecular weight excluding hydrogens is 324 g/mol. The molecule has 8 heteroatoms. The second-order valence-corrected chi connectivity index (χ2v) is 5.36. The van der Waals surface area contributed by atoms with Crippen molar-refractivity contribution in [2.45, 2.75) is 13.0 Å². The molecule has 2 atom stereocenters. The number of hydrogen-bond donors (Lipinski definition) is 3. The molecule has 2 rings (SSSR count). The molecule has 0 aliphatic carbocycles. The Morgan fingerprint density at radius 2 is 2.04 bits per heavy atom. The van der Waals surface area contributed by atoms with Gasteiger partial charge in [0.15, 0.2) is 0 Å². The van der Waals surface area contributed by atoms with E-state index in [1.807, 2.05) is 0 Å². The summed E-state index contributed by atoms with van der Waals surface area (Å²) < 4.78 is 4.61. The number of anilines is 1. The van der Waals surface area contributed by atoms with E-state index >= 15 is 0 Å². The SMILES string of the molecule is COC(=O)[C@@H](Nc1cc2c(Cl)cccc2[nH]1)C(C(C)=O)C(=O)O. The second-order valence-electron chi connectivity index (χ2n) is 4.96. The number of halogens is 1. The van der Waals surface area contributed by atoms with Crippen molar-refractivity contribution in [3.8, 4) is 0 Å². The van der Waals surface area contributed by atoms with Gasteiger partial charge in [-0.05, 0) is 25.1 Å². The van der Waals surface area contributed by atoms with Crippen molar-refractivity contribution in [2.24, 2.45) is 5.92 Å². The van der Waals surface area contributed by atoms with Crippen molar-refractivity contribution in [1.29, 1.82) is 0 Å². The molecule has 7 nitrogen and oxygen atoms in total. The van der Waals surface area contributed by atoms with Gasteiger partial charge in [0.25, 0.3) is 0 Å². The van der Waals surface area contributed by atoms with E-state index in [0.29, 0.717) is 21.7 Å². The van der Waals surface area contributed by atoms with E-state index in [2.05, 4.69) is 15.0 Å². The number of aromatic nitrogens is 1. The summed E-state index contributed by atoms with van der Waals surface area (Å²) >= 11 is 6.07. The van der Waals surface area contributed by atoms with Gasteiger partial charge in [0.1, 0.15) is 23.6 Å². The first kappa shape index (κ1) is 16.8. The maximum atomic E-state index is 11.9. The molecule has 0 aliphatic heterocycles. The van der Waals surface area contributed by atoms with Crippen molar-refractivity contribution in [1.82, 2.24) is 4.98 Å². The van der Waals surface area contributed by atoms with Gasteiger partial charge in [-0.25, -0.2) is 4.79 Å². The number of aliphatic carboxylic acids is 1. The zero-order valence-electron chi connectivity index (χ0n) is 12.4. The largest absolute Gasteiger partial charge is 0.481 e.